The van der Waals surface area contributed by atoms with Crippen LogP contribution in [-0.4, -0.2) is 35.2 Å². The Morgan fingerprint density at radius 1 is 1.21 bits per heavy atom. The number of carboxylic acid groups (broad SMARTS) is 1. The number of amides is 1. The Bertz CT molecular complexity index is 405. The smallest absolute Gasteiger partial charge is 0.410 e. The van der Waals surface area contributed by atoms with Crippen molar-refractivity contribution in [3.63, 3.8) is 0 Å². The predicted molar refractivity (Wildman–Crippen MR) is 70.7 cm³/mol. The molecule has 1 amide bonds. The van der Waals surface area contributed by atoms with E-state index in [2.05, 4.69) is 0 Å². The molecule has 5 nitrogen and oxygen atoms in total. The molecule has 104 valence electrons. The summed E-state index contributed by atoms with van der Waals surface area (Å²) in [5.41, 5.74) is 0.908. The Hall–Kier alpha value is -2.04. The molecule has 0 bridgehead atoms. The van der Waals surface area contributed by atoms with E-state index in [1.165, 1.54) is 4.90 Å². The van der Waals surface area contributed by atoms with Gasteiger partial charge >= 0.3 is 12.1 Å². The molecule has 0 unspecified atom stereocenters. The molecule has 1 aromatic rings. The molecular weight excluding hydrogens is 246 g/mol. The summed E-state index contributed by atoms with van der Waals surface area (Å²) in [6.45, 7) is 2.81. The Morgan fingerprint density at radius 3 is 2.47 bits per heavy atom. The van der Waals surface area contributed by atoms with Gasteiger partial charge in [0.2, 0.25) is 0 Å². The standard InChI is InChI=1S/C14H19NO4/c1-2-9-15(10-8-13(16)17)14(18)19-11-12-6-4-3-5-7-12/h3-7H,2,8-11H2,1H3,(H,16,17). The second-order valence-electron chi connectivity index (χ2n) is 4.17. The van der Waals surface area contributed by atoms with Crippen LogP contribution in [0.3, 0.4) is 0 Å². The summed E-state index contributed by atoms with van der Waals surface area (Å²) in [6.07, 6.45) is 0.229. The fourth-order valence-corrected chi connectivity index (χ4v) is 1.61. The summed E-state index contributed by atoms with van der Waals surface area (Å²) in [4.78, 5) is 23.8. The highest BCUT2D eigenvalue weighted by Crippen LogP contribution is 2.04. The molecule has 0 saturated carbocycles. The van der Waals surface area contributed by atoms with E-state index in [-0.39, 0.29) is 19.6 Å². The van der Waals surface area contributed by atoms with Gasteiger partial charge in [-0.1, -0.05) is 37.3 Å². The molecule has 0 radical (unpaired) electrons. The van der Waals surface area contributed by atoms with E-state index in [0.717, 1.165) is 12.0 Å². The zero-order chi connectivity index (χ0) is 14.1. The highest BCUT2D eigenvalue weighted by atomic mass is 16.6. The van der Waals surface area contributed by atoms with E-state index < -0.39 is 12.1 Å². The Balaban J connectivity index is 2.45. The van der Waals surface area contributed by atoms with Crippen molar-refractivity contribution in [1.82, 2.24) is 4.90 Å². The minimum atomic E-state index is -0.919. The van der Waals surface area contributed by atoms with E-state index >= 15 is 0 Å². The topological polar surface area (TPSA) is 66.8 Å². The molecule has 0 aliphatic rings. The first-order chi connectivity index (χ1) is 9.13. The molecule has 19 heavy (non-hydrogen) atoms. The second kappa shape index (κ2) is 8.13. The van der Waals surface area contributed by atoms with Gasteiger partial charge in [-0.2, -0.15) is 0 Å². The predicted octanol–water partition coefficient (Wildman–Crippen LogP) is 2.51. The van der Waals surface area contributed by atoms with Gasteiger partial charge in [0.05, 0.1) is 6.42 Å². The lowest BCUT2D eigenvalue weighted by atomic mass is 10.2. The third-order valence-corrected chi connectivity index (χ3v) is 2.55. The fraction of sp³-hybridized carbons (Fsp3) is 0.429. The zero-order valence-electron chi connectivity index (χ0n) is 11.0. The molecule has 0 aromatic heterocycles. The third kappa shape index (κ3) is 5.90. The number of nitrogens with zero attached hydrogens (tertiary/aromatic N) is 1. The van der Waals surface area contributed by atoms with E-state index in [0.29, 0.717) is 6.54 Å². The maximum atomic E-state index is 11.8. The molecule has 1 N–H and O–H groups in total. The van der Waals surface area contributed by atoms with Crippen molar-refractivity contribution in [1.29, 1.82) is 0 Å². The van der Waals surface area contributed by atoms with Crippen LogP contribution >= 0.6 is 0 Å². The van der Waals surface area contributed by atoms with Crippen LogP contribution in [0.15, 0.2) is 30.3 Å². The normalized spacial score (nSPS) is 9.95. The van der Waals surface area contributed by atoms with Crippen LogP contribution in [0.1, 0.15) is 25.3 Å². The molecule has 0 saturated heterocycles. The van der Waals surface area contributed by atoms with Gasteiger partial charge in [0.25, 0.3) is 0 Å². The van der Waals surface area contributed by atoms with Crippen molar-refractivity contribution in [3.05, 3.63) is 35.9 Å². The average molecular weight is 265 g/mol. The Morgan fingerprint density at radius 2 is 1.89 bits per heavy atom. The molecule has 0 atom stereocenters. The summed E-state index contributed by atoms with van der Waals surface area (Å²) in [6, 6.07) is 9.37. The van der Waals surface area contributed by atoms with Crippen LogP contribution in [0.2, 0.25) is 0 Å². The van der Waals surface area contributed by atoms with Gasteiger partial charge in [-0.25, -0.2) is 4.79 Å². The molecule has 0 aliphatic carbocycles. The number of carbonyl (C=O) groups is 2. The Kier molecular flexibility index (Phi) is 6.43. The molecule has 0 fully saturated rings. The maximum Gasteiger partial charge on any atom is 0.410 e. The molecule has 1 rings (SSSR count). The highest BCUT2D eigenvalue weighted by molar-refractivity contribution is 5.70. The summed E-state index contributed by atoms with van der Waals surface area (Å²) >= 11 is 0. The largest absolute Gasteiger partial charge is 0.481 e. The van der Waals surface area contributed by atoms with Crippen molar-refractivity contribution >= 4 is 12.1 Å². The van der Waals surface area contributed by atoms with Crippen LogP contribution in [0, 0.1) is 0 Å². The van der Waals surface area contributed by atoms with Gasteiger partial charge in [0.15, 0.2) is 0 Å². The van der Waals surface area contributed by atoms with Crippen molar-refractivity contribution < 1.29 is 19.4 Å². The number of aliphatic carboxylic acids is 1. The third-order valence-electron chi connectivity index (χ3n) is 2.55. The molecular formula is C14H19NO4. The van der Waals surface area contributed by atoms with Crippen LogP contribution in [-0.2, 0) is 16.1 Å². The zero-order valence-corrected chi connectivity index (χ0v) is 11.0. The number of ether oxygens (including phenoxy) is 1. The quantitative estimate of drug-likeness (QED) is 0.822. The number of benzene rings is 1. The summed E-state index contributed by atoms with van der Waals surface area (Å²) < 4.78 is 5.17. The van der Waals surface area contributed by atoms with Crippen LogP contribution in [0.5, 0.6) is 0 Å². The number of rotatable bonds is 7. The van der Waals surface area contributed by atoms with Gasteiger partial charge in [-0.05, 0) is 12.0 Å². The van der Waals surface area contributed by atoms with Crippen LogP contribution < -0.4 is 0 Å². The van der Waals surface area contributed by atoms with Gasteiger partial charge < -0.3 is 14.7 Å². The van der Waals surface area contributed by atoms with Gasteiger partial charge in [-0.3, -0.25) is 4.79 Å². The maximum absolute atomic E-state index is 11.8. The number of carboxylic acids is 1. The minimum absolute atomic E-state index is 0.0690. The number of hydrogen-bond donors (Lipinski definition) is 1. The second-order valence-corrected chi connectivity index (χ2v) is 4.17. The molecule has 1 aromatic carbocycles. The van der Waals surface area contributed by atoms with E-state index in [9.17, 15) is 9.59 Å². The summed E-state index contributed by atoms with van der Waals surface area (Å²) in [7, 11) is 0. The van der Waals surface area contributed by atoms with Gasteiger partial charge in [-0.15, -0.1) is 0 Å². The molecule has 0 heterocycles. The number of hydrogen-bond acceptors (Lipinski definition) is 3. The Labute approximate surface area is 112 Å². The lowest BCUT2D eigenvalue weighted by molar-refractivity contribution is -0.137. The SMILES string of the molecule is CCCN(CCC(=O)O)C(=O)OCc1ccccc1. The average Bonchev–Trinajstić information content (AvgIpc) is 2.41. The first-order valence-corrected chi connectivity index (χ1v) is 6.31. The van der Waals surface area contributed by atoms with Crippen molar-refractivity contribution in [3.8, 4) is 0 Å². The molecule has 0 aliphatic heterocycles. The van der Waals surface area contributed by atoms with Gasteiger partial charge in [0.1, 0.15) is 6.61 Å². The van der Waals surface area contributed by atoms with Crippen molar-refractivity contribution in [2.45, 2.75) is 26.4 Å². The summed E-state index contributed by atoms with van der Waals surface area (Å²) in [5.74, 6) is -0.919. The van der Waals surface area contributed by atoms with E-state index in [4.69, 9.17) is 9.84 Å². The van der Waals surface area contributed by atoms with Crippen LogP contribution in [0.4, 0.5) is 4.79 Å². The van der Waals surface area contributed by atoms with Gasteiger partial charge in [0, 0.05) is 13.1 Å². The first-order valence-electron chi connectivity index (χ1n) is 6.31. The highest BCUT2D eigenvalue weighted by Gasteiger charge is 2.15. The van der Waals surface area contributed by atoms with E-state index in [1.807, 2.05) is 37.3 Å². The van der Waals surface area contributed by atoms with E-state index in [1.54, 1.807) is 0 Å². The molecule has 5 heteroatoms. The first kappa shape index (κ1) is 15.0. The lowest BCUT2D eigenvalue weighted by Gasteiger charge is -2.20. The molecule has 0 spiro atoms. The summed E-state index contributed by atoms with van der Waals surface area (Å²) in [5, 5.41) is 8.64. The minimum Gasteiger partial charge on any atom is -0.481 e. The van der Waals surface area contributed by atoms with Crippen molar-refractivity contribution in [2.24, 2.45) is 0 Å². The monoisotopic (exact) mass is 265 g/mol. The van der Waals surface area contributed by atoms with Crippen molar-refractivity contribution in [2.75, 3.05) is 13.1 Å². The fourth-order valence-electron chi connectivity index (χ4n) is 1.61. The van der Waals surface area contributed by atoms with Crippen LogP contribution in [0.25, 0.3) is 0 Å². The number of carbonyl (C=O) groups excluding carboxylic acids is 1. The lowest BCUT2D eigenvalue weighted by Crippen LogP contribution is -2.34.